The maximum atomic E-state index is 12.2. The molecular weight excluding hydrogens is 308 g/mol. The van der Waals surface area contributed by atoms with E-state index in [4.69, 9.17) is 9.26 Å². The Hall–Kier alpha value is -2.93. The van der Waals surface area contributed by atoms with Crippen molar-refractivity contribution >= 4 is 11.6 Å². The molecule has 7 heteroatoms. The Morgan fingerprint density at radius 3 is 2.67 bits per heavy atom. The molecule has 124 valence electrons. The second-order valence-electron chi connectivity index (χ2n) is 5.40. The molecule has 0 saturated heterocycles. The number of carbonyl (C=O) groups excluding carboxylic acids is 1. The molecule has 0 saturated carbocycles. The van der Waals surface area contributed by atoms with E-state index >= 15 is 0 Å². The number of carbonyl (C=O) groups is 1. The number of imidazole rings is 1. The number of anilines is 1. The summed E-state index contributed by atoms with van der Waals surface area (Å²) in [5.74, 6) is 0.174. The number of amides is 1. The van der Waals surface area contributed by atoms with Crippen molar-refractivity contribution in [1.29, 1.82) is 0 Å². The van der Waals surface area contributed by atoms with Crippen LogP contribution in [0.25, 0.3) is 5.69 Å². The van der Waals surface area contributed by atoms with Crippen LogP contribution in [0, 0.1) is 13.8 Å². The van der Waals surface area contributed by atoms with Gasteiger partial charge in [0, 0.05) is 30.2 Å². The molecule has 2 heterocycles. The lowest BCUT2D eigenvalue weighted by Gasteiger charge is -2.07. The van der Waals surface area contributed by atoms with E-state index in [0.717, 1.165) is 17.1 Å². The third-order valence-corrected chi connectivity index (χ3v) is 3.73. The fourth-order valence-electron chi connectivity index (χ4n) is 2.29. The molecule has 0 aliphatic rings. The van der Waals surface area contributed by atoms with E-state index in [1.54, 1.807) is 19.5 Å². The molecule has 7 nitrogen and oxygen atoms in total. The van der Waals surface area contributed by atoms with Gasteiger partial charge in [0.05, 0.1) is 12.0 Å². The van der Waals surface area contributed by atoms with E-state index in [0.29, 0.717) is 11.4 Å². The summed E-state index contributed by atoms with van der Waals surface area (Å²) in [6.07, 6.45) is 1.78. The van der Waals surface area contributed by atoms with E-state index in [-0.39, 0.29) is 18.2 Å². The first kappa shape index (κ1) is 15.9. The number of ether oxygens (including phenoxy) is 1. The van der Waals surface area contributed by atoms with Crippen molar-refractivity contribution in [3.05, 3.63) is 59.5 Å². The number of hydrogen-bond acceptors (Lipinski definition) is 5. The Balaban J connectivity index is 1.71. The third-order valence-electron chi connectivity index (χ3n) is 3.73. The second kappa shape index (κ2) is 6.67. The van der Waals surface area contributed by atoms with Crippen LogP contribution < -0.4 is 5.32 Å². The minimum Gasteiger partial charge on any atom is -0.377 e. The van der Waals surface area contributed by atoms with Gasteiger partial charge in [0.25, 0.3) is 5.91 Å². The maximum Gasteiger partial charge on any atom is 0.277 e. The first-order valence-electron chi connectivity index (χ1n) is 7.45. The molecular formula is C17H18N4O3. The van der Waals surface area contributed by atoms with Crippen LogP contribution in [0.1, 0.15) is 27.6 Å². The van der Waals surface area contributed by atoms with Crippen molar-refractivity contribution < 1.29 is 14.1 Å². The zero-order chi connectivity index (χ0) is 17.1. The van der Waals surface area contributed by atoms with Crippen molar-refractivity contribution in [3.8, 4) is 5.69 Å². The summed E-state index contributed by atoms with van der Waals surface area (Å²) in [5, 5.41) is 6.52. The topological polar surface area (TPSA) is 82.2 Å². The average molecular weight is 326 g/mol. The highest BCUT2D eigenvalue weighted by Gasteiger charge is 2.13. The Labute approximate surface area is 139 Å². The number of aryl methyl sites for hydroxylation is 1. The van der Waals surface area contributed by atoms with E-state index in [1.807, 2.05) is 42.7 Å². The quantitative estimate of drug-likeness (QED) is 0.779. The zero-order valence-corrected chi connectivity index (χ0v) is 13.7. The second-order valence-corrected chi connectivity index (χ2v) is 5.40. The number of hydrogen-bond donors (Lipinski definition) is 1. The maximum absolute atomic E-state index is 12.2. The molecule has 1 N–H and O–H groups in total. The zero-order valence-electron chi connectivity index (χ0n) is 13.7. The Morgan fingerprint density at radius 1 is 1.29 bits per heavy atom. The molecule has 1 aromatic carbocycles. The van der Waals surface area contributed by atoms with Crippen LogP contribution in [0.15, 0.2) is 41.2 Å². The molecule has 0 radical (unpaired) electrons. The van der Waals surface area contributed by atoms with Gasteiger partial charge in [-0.15, -0.1) is 0 Å². The van der Waals surface area contributed by atoms with Gasteiger partial charge >= 0.3 is 0 Å². The Kier molecular flexibility index (Phi) is 4.43. The van der Waals surface area contributed by atoms with Crippen molar-refractivity contribution in [2.24, 2.45) is 0 Å². The summed E-state index contributed by atoms with van der Waals surface area (Å²) < 4.78 is 11.9. The van der Waals surface area contributed by atoms with Crippen molar-refractivity contribution in [2.75, 3.05) is 12.4 Å². The van der Waals surface area contributed by atoms with Crippen molar-refractivity contribution in [2.45, 2.75) is 20.5 Å². The lowest BCUT2D eigenvalue weighted by molar-refractivity contribution is 0.101. The normalized spacial score (nSPS) is 10.8. The molecule has 3 rings (SSSR count). The van der Waals surface area contributed by atoms with Crippen LogP contribution >= 0.6 is 0 Å². The Bertz CT molecular complexity index is 849. The van der Waals surface area contributed by atoms with Crippen LogP contribution in [-0.4, -0.2) is 27.7 Å². The summed E-state index contributed by atoms with van der Waals surface area (Å²) in [4.78, 5) is 16.4. The molecule has 0 aliphatic heterocycles. The lowest BCUT2D eigenvalue weighted by atomic mass is 10.2. The molecule has 2 aromatic heterocycles. The molecule has 0 fully saturated rings. The van der Waals surface area contributed by atoms with Crippen LogP contribution in [0.2, 0.25) is 0 Å². The standard InChI is InChI=1S/C17H18N4O3/c1-11-12(2)21(10-18-11)14-6-4-13(5-7-14)19-17(22)16-8-15(9-23-3)24-20-16/h4-8,10H,9H2,1-3H3,(H,19,22). The predicted molar refractivity (Wildman–Crippen MR) is 88.2 cm³/mol. The van der Waals surface area contributed by atoms with Crippen molar-refractivity contribution in [1.82, 2.24) is 14.7 Å². The highest BCUT2D eigenvalue weighted by atomic mass is 16.5. The number of benzene rings is 1. The molecule has 0 spiro atoms. The van der Waals surface area contributed by atoms with E-state index in [2.05, 4.69) is 15.5 Å². The van der Waals surface area contributed by atoms with Gasteiger partial charge in [-0.3, -0.25) is 4.79 Å². The Morgan fingerprint density at radius 2 is 2.04 bits per heavy atom. The van der Waals surface area contributed by atoms with E-state index in [9.17, 15) is 4.79 Å². The number of rotatable bonds is 5. The fourth-order valence-corrected chi connectivity index (χ4v) is 2.29. The largest absolute Gasteiger partial charge is 0.377 e. The van der Waals surface area contributed by atoms with Crippen molar-refractivity contribution in [3.63, 3.8) is 0 Å². The molecule has 1 amide bonds. The van der Waals surface area contributed by atoms with Gasteiger partial charge in [-0.2, -0.15) is 0 Å². The van der Waals surface area contributed by atoms with Crippen LogP contribution in [0.5, 0.6) is 0 Å². The SMILES string of the molecule is COCc1cc(C(=O)Nc2ccc(-n3cnc(C)c3C)cc2)no1. The van der Waals surface area contributed by atoms with Crippen LogP contribution in [-0.2, 0) is 11.3 Å². The first-order chi connectivity index (χ1) is 11.6. The number of methoxy groups -OCH3 is 1. The van der Waals surface area contributed by atoms with Crippen LogP contribution in [0.3, 0.4) is 0 Å². The number of nitrogens with zero attached hydrogens (tertiary/aromatic N) is 3. The van der Waals surface area contributed by atoms with Gasteiger partial charge in [0.1, 0.15) is 6.61 Å². The summed E-state index contributed by atoms with van der Waals surface area (Å²) >= 11 is 0. The lowest BCUT2D eigenvalue weighted by Crippen LogP contribution is -2.12. The number of aromatic nitrogens is 3. The van der Waals surface area contributed by atoms with Gasteiger partial charge in [-0.1, -0.05) is 5.16 Å². The van der Waals surface area contributed by atoms with E-state index in [1.165, 1.54) is 0 Å². The van der Waals surface area contributed by atoms with Gasteiger partial charge < -0.3 is 19.1 Å². The molecule has 3 aromatic rings. The molecule has 0 bridgehead atoms. The summed E-state index contributed by atoms with van der Waals surface area (Å²) in [6.45, 7) is 4.26. The summed E-state index contributed by atoms with van der Waals surface area (Å²) in [5.41, 5.74) is 3.95. The summed E-state index contributed by atoms with van der Waals surface area (Å²) in [6, 6.07) is 9.06. The molecule has 24 heavy (non-hydrogen) atoms. The number of nitrogens with one attached hydrogen (secondary N) is 1. The fraction of sp³-hybridized carbons (Fsp3) is 0.235. The predicted octanol–water partition coefficient (Wildman–Crippen LogP) is 2.88. The molecule has 0 atom stereocenters. The smallest absolute Gasteiger partial charge is 0.277 e. The average Bonchev–Trinajstić information content (AvgIpc) is 3.17. The molecule has 0 unspecified atom stereocenters. The van der Waals surface area contributed by atoms with E-state index < -0.39 is 0 Å². The first-order valence-corrected chi connectivity index (χ1v) is 7.45. The monoisotopic (exact) mass is 326 g/mol. The van der Waals surface area contributed by atoms with Gasteiger partial charge in [0.15, 0.2) is 11.5 Å². The minimum absolute atomic E-state index is 0.215. The van der Waals surface area contributed by atoms with Crippen LogP contribution in [0.4, 0.5) is 5.69 Å². The third kappa shape index (κ3) is 3.21. The molecule has 0 aliphatic carbocycles. The highest BCUT2D eigenvalue weighted by molar-refractivity contribution is 6.02. The van der Waals surface area contributed by atoms with Gasteiger partial charge in [0.2, 0.25) is 0 Å². The minimum atomic E-state index is -0.330. The van der Waals surface area contributed by atoms with Gasteiger partial charge in [-0.05, 0) is 38.1 Å². The summed E-state index contributed by atoms with van der Waals surface area (Å²) in [7, 11) is 1.55. The van der Waals surface area contributed by atoms with Gasteiger partial charge in [-0.25, -0.2) is 4.98 Å². The highest BCUT2D eigenvalue weighted by Crippen LogP contribution is 2.17.